The maximum atomic E-state index is 11.7. The summed E-state index contributed by atoms with van der Waals surface area (Å²) >= 11 is 0. The zero-order chi connectivity index (χ0) is 19.6. The van der Waals surface area contributed by atoms with Crippen LogP contribution in [-0.2, 0) is 25.4 Å². The lowest BCUT2D eigenvalue weighted by Crippen LogP contribution is -2.27. The number of rotatable bonds is 16. The van der Waals surface area contributed by atoms with E-state index in [1.807, 2.05) is 18.2 Å². The molecule has 8 heteroatoms. The molecule has 8 nitrogen and oxygen atoms in total. The molecular weight excluding hydrogens is 352 g/mol. The number of aryl methyl sites for hydroxylation is 1. The van der Waals surface area contributed by atoms with Crippen LogP contribution in [0.3, 0.4) is 0 Å². The van der Waals surface area contributed by atoms with Crippen LogP contribution in [0.2, 0.25) is 0 Å². The molecule has 0 spiro atoms. The summed E-state index contributed by atoms with van der Waals surface area (Å²) in [6.07, 6.45) is 1.19. The Morgan fingerprint density at radius 3 is 1.96 bits per heavy atom. The Balaban J connectivity index is 1.79. The molecule has 0 fully saturated rings. The third kappa shape index (κ3) is 14.7. The van der Waals surface area contributed by atoms with E-state index in [-0.39, 0.29) is 12.5 Å². The average molecular weight is 382 g/mol. The fourth-order valence-corrected chi connectivity index (χ4v) is 2.22. The smallest absolute Gasteiger partial charge is 0.404 e. The zero-order valence-corrected chi connectivity index (χ0v) is 15.7. The van der Waals surface area contributed by atoms with Crippen molar-refractivity contribution < 1.29 is 28.9 Å². The molecule has 1 aromatic carbocycles. The summed E-state index contributed by atoms with van der Waals surface area (Å²) in [7, 11) is 0. The highest BCUT2D eigenvalue weighted by Crippen LogP contribution is 2.04. The minimum atomic E-state index is -1.06. The molecule has 0 bridgehead atoms. The van der Waals surface area contributed by atoms with Gasteiger partial charge in [0.05, 0.1) is 39.6 Å². The van der Waals surface area contributed by atoms with Crippen molar-refractivity contribution in [2.24, 2.45) is 0 Å². The Morgan fingerprint density at radius 1 is 0.815 bits per heavy atom. The van der Waals surface area contributed by atoms with Gasteiger partial charge in [0.15, 0.2) is 0 Å². The Labute approximate surface area is 160 Å². The first-order chi connectivity index (χ1) is 13.2. The van der Waals surface area contributed by atoms with Crippen LogP contribution in [-0.4, -0.2) is 69.8 Å². The van der Waals surface area contributed by atoms with Crippen LogP contribution in [0.15, 0.2) is 30.3 Å². The topological polar surface area (TPSA) is 106 Å². The quantitative estimate of drug-likeness (QED) is 0.374. The van der Waals surface area contributed by atoms with E-state index in [4.69, 9.17) is 19.3 Å². The predicted molar refractivity (Wildman–Crippen MR) is 101 cm³/mol. The fourth-order valence-electron chi connectivity index (χ4n) is 2.22. The number of benzene rings is 1. The number of amides is 2. The van der Waals surface area contributed by atoms with Gasteiger partial charge in [-0.15, -0.1) is 0 Å². The lowest BCUT2D eigenvalue weighted by molar-refractivity contribution is -0.121. The summed E-state index contributed by atoms with van der Waals surface area (Å²) in [5.41, 5.74) is 1.25. The summed E-state index contributed by atoms with van der Waals surface area (Å²) in [6.45, 7) is 3.24. The van der Waals surface area contributed by atoms with E-state index >= 15 is 0 Å². The van der Waals surface area contributed by atoms with Crippen molar-refractivity contribution in [3.05, 3.63) is 35.9 Å². The normalized spacial score (nSPS) is 10.5. The van der Waals surface area contributed by atoms with Gasteiger partial charge in [0.2, 0.25) is 5.91 Å². The van der Waals surface area contributed by atoms with Gasteiger partial charge in [-0.25, -0.2) is 4.79 Å². The highest BCUT2D eigenvalue weighted by atomic mass is 16.5. The van der Waals surface area contributed by atoms with Crippen molar-refractivity contribution in [2.45, 2.75) is 19.3 Å². The number of hydrogen-bond donors (Lipinski definition) is 3. The summed E-state index contributed by atoms with van der Waals surface area (Å²) in [4.78, 5) is 21.9. The Kier molecular flexibility index (Phi) is 13.6. The summed E-state index contributed by atoms with van der Waals surface area (Å²) in [5, 5.41) is 13.4. The monoisotopic (exact) mass is 382 g/mol. The second-order valence-electron chi connectivity index (χ2n) is 5.76. The van der Waals surface area contributed by atoms with E-state index in [2.05, 4.69) is 22.8 Å². The van der Waals surface area contributed by atoms with Crippen molar-refractivity contribution in [2.75, 3.05) is 52.7 Å². The van der Waals surface area contributed by atoms with Crippen LogP contribution in [0.25, 0.3) is 0 Å². The van der Waals surface area contributed by atoms with Gasteiger partial charge in [0, 0.05) is 19.5 Å². The summed E-state index contributed by atoms with van der Waals surface area (Å²) in [6, 6.07) is 10.1. The molecule has 0 aromatic heterocycles. The molecule has 2 amide bonds. The zero-order valence-electron chi connectivity index (χ0n) is 15.7. The number of ether oxygens (including phenoxy) is 3. The van der Waals surface area contributed by atoms with Crippen molar-refractivity contribution in [1.29, 1.82) is 0 Å². The van der Waals surface area contributed by atoms with Gasteiger partial charge in [-0.1, -0.05) is 30.3 Å². The molecule has 0 aliphatic carbocycles. The molecule has 0 aliphatic heterocycles. The van der Waals surface area contributed by atoms with Crippen LogP contribution in [0.1, 0.15) is 18.4 Å². The van der Waals surface area contributed by atoms with Crippen LogP contribution >= 0.6 is 0 Å². The third-order valence-corrected chi connectivity index (χ3v) is 3.55. The highest BCUT2D eigenvalue weighted by Gasteiger charge is 2.01. The molecular formula is C19H30N2O6. The van der Waals surface area contributed by atoms with Crippen LogP contribution in [0.4, 0.5) is 4.79 Å². The first-order valence-electron chi connectivity index (χ1n) is 9.19. The first-order valence-corrected chi connectivity index (χ1v) is 9.19. The van der Waals surface area contributed by atoms with Gasteiger partial charge in [0.25, 0.3) is 0 Å². The van der Waals surface area contributed by atoms with Gasteiger partial charge < -0.3 is 30.0 Å². The molecule has 0 unspecified atom stereocenters. The second kappa shape index (κ2) is 16.0. The molecule has 0 radical (unpaired) electrons. The number of carbonyl (C=O) groups is 2. The average Bonchev–Trinajstić information content (AvgIpc) is 2.66. The van der Waals surface area contributed by atoms with Gasteiger partial charge >= 0.3 is 6.09 Å². The van der Waals surface area contributed by atoms with E-state index < -0.39 is 6.09 Å². The van der Waals surface area contributed by atoms with Gasteiger partial charge in [-0.2, -0.15) is 0 Å². The van der Waals surface area contributed by atoms with Crippen LogP contribution < -0.4 is 10.6 Å². The standard InChI is InChI=1S/C19H30N2O6/c22-18(8-4-7-17-5-2-1-3-6-17)20-9-11-25-13-15-27-16-14-26-12-10-21-19(23)24/h1-3,5-6,21H,4,7-16H2,(H,20,22)(H,23,24). The first kappa shape index (κ1) is 22.9. The number of carbonyl (C=O) groups excluding carboxylic acids is 1. The molecule has 27 heavy (non-hydrogen) atoms. The van der Waals surface area contributed by atoms with Crippen molar-refractivity contribution >= 4 is 12.0 Å². The molecule has 1 aromatic rings. The number of hydrogen-bond acceptors (Lipinski definition) is 5. The van der Waals surface area contributed by atoms with Crippen molar-refractivity contribution in [1.82, 2.24) is 10.6 Å². The lowest BCUT2D eigenvalue weighted by Gasteiger charge is -2.08. The third-order valence-electron chi connectivity index (χ3n) is 3.55. The minimum Gasteiger partial charge on any atom is -0.465 e. The van der Waals surface area contributed by atoms with Gasteiger partial charge in [-0.05, 0) is 18.4 Å². The summed E-state index contributed by atoms with van der Waals surface area (Å²) in [5.74, 6) is 0.0420. The molecule has 0 saturated heterocycles. The fraction of sp³-hybridized carbons (Fsp3) is 0.579. The van der Waals surface area contributed by atoms with Crippen molar-refractivity contribution in [3.63, 3.8) is 0 Å². The number of nitrogens with one attached hydrogen (secondary N) is 2. The van der Waals surface area contributed by atoms with E-state index in [1.54, 1.807) is 0 Å². The van der Waals surface area contributed by atoms with E-state index in [0.29, 0.717) is 52.6 Å². The molecule has 152 valence electrons. The largest absolute Gasteiger partial charge is 0.465 e. The molecule has 0 heterocycles. The maximum Gasteiger partial charge on any atom is 0.404 e. The highest BCUT2D eigenvalue weighted by molar-refractivity contribution is 5.75. The van der Waals surface area contributed by atoms with E-state index in [1.165, 1.54) is 5.56 Å². The molecule has 0 atom stereocenters. The predicted octanol–water partition coefficient (Wildman–Crippen LogP) is 1.44. The molecule has 3 N–H and O–H groups in total. The van der Waals surface area contributed by atoms with Gasteiger partial charge in [0.1, 0.15) is 0 Å². The Morgan fingerprint density at radius 2 is 1.37 bits per heavy atom. The van der Waals surface area contributed by atoms with Gasteiger partial charge in [-0.3, -0.25) is 4.79 Å². The molecule has 1 rings (SSSR count). The Hall–Kier alpha value is -2.16. The molecule has 0 aliphatic rings. The second-order valence-corrected chi connectivity index (χ2v) is 5.76. The van der Waals surface area contributed by atoms with Crippen molar-refractivity contribution in [3.8, 4) is 0 Å². The number of carboxylic acid groups (broad SMARTS) is 1. The minimum absolute atomic E-state index is 0.0420. The lowest BCUT2D eigenvalue weighted by atomic mass is 10.1. The summed E-state index contributed by atoms with van der Waals surface area (Å²) < 4.78 is 15.9. The van der Waals surface area contributed by atoms with Crippen LogP contribution in [0.5, 0.6) is 0 Å². The van der Waals surface area contributed by atoms with Crippen LogP contribution in [0, 0.1) is 0 Å². The van der Waals surface area contributed by atoms with E-state index in [9.17, 15) is 9.59 Å². The van der Waals surface area contributed by atoms with E-state index in [0.717, 1.165) is 12.8 Å². The SMILES string of the molecule is O=C(O)NCCOCCOCCOCCNC(=O)CCCc1ccccc1. The Bertz CT molecular complexity index is 512. The molecule has 0 saturated carbocycles. The maximum absolute atomic E-state index is 11.7.